The van der Waals surface area contributed by atoms with Gasteiger partial charge in [-0.1, -0.05) is 13.3 Å². The predicted molar refractivity (Wildman–Crippen MR) is 83.8 cm³/mol. The molecule has 17 heavy (non-hydrogen) atoms. The molecule has 0 unspecified atom stereocenters. The molecule has 0 amide bonds. The lowest BCUT2D eigenvalue weighted by Gasteiger charge is -2.16. The molecule has 2 nitrogen and oxygen atoms in total. The fourth-order valence-electron chi connectivity index (χ4n) is 1.40. The van der Waals surface area contributed by atoms with Crippen molar-refractivity contribution in [2.45, 2.75) is 19.8 Å². The van der Waals surface area contributed by atoms with Crippen molar-refractivity contribution >= 4 is 63.7 Å². The third-order valence-electron chi connectivity index (χ3n) is 2.15. The Kier molecular flexibility index (Phi) is 7.02. The maximum Gasteiger partial charge on any atom is 0.150 e. The van der Waals surface area contributed by atoms with Crippen LogP contribution in [0.2, 0.25) is 0 Å². The highest BCUT2D eigenvalue weighted by Crippen LogP contribution is 2.46. The van der Waals surface area contributed by atoms with Crippen molar-refractivity contribution in [1.29, 1.82) is 0 Å². The minimum atomic E-state index is -0.00910. The highest BCUT2D eigenvalue weighted by atomic mass is 79.9. The molecule has 0 aliphatic carbocycles. The number of ether oxygens (including phenoxy) is 1. The molecule has 0 heterocycles. The lowest BCUT2D eigenvalue weighted by molar-refractivity contribution is 0.199. The lowest BCUT2D eigenvalue weighted by atomic mass is 10.1. The monoisotopic (exact) mass is 492 g/mol. The van der Waals surface area contributed by atoms with Gasteiger partial charge in [-0.05, 0) is 75.7 Å². The summed E-state index contributed by atoms with van der Waals surface area (Å²) in [5, 5.41) is 8.81. The van der Waals surface area contributed by atoms with Crippen LogP contribution in [0.4, 0.5) is 0 Å². The lowest BCUT2D eigenvalue weighted by Crippen LogP contribution is -2.04. The second-order valence-electron chi connectivity index (χ2n) is 3.39. The van der Waals surface area contributed by atoms with Gasteiger partial charge in [0.25, 0.3) is 0 Å². The summed E-state index contributed by atoms with van der Waals surface area (Å²) < 4.78 is 9.21. The summed E-state index contributed by atoms with van der Waals surface area (Å²) in [6.07, 6.45) is 2.03. The number of aliphatic hydroxyl groups is 1. The second kappa shape index (κ2) is 7.48. The van der Waals surface area contributed by atoms with Gasteiger partial charge >= 0.3 is 0 Å². The van der Waals surface area contributed by atoms with Gasteiger partial charge in [0, 0.05) is 8.95 Å². The van der Waals surface area contributed by atoms with E-state index < -0.39 is 0 Å². The topological polar surface area (TPSA) is 29.5 Å². The molecule has 1 rings (SSSR count). The first-order valence-corrected chi connectivity index (χ1v) is 8.30. The molecule has 0 saturated carbocycles. The molecule has 6 heteroatoms. The van der Waals surface area contributed by atoms with Crippen LogP contribution in [-0.4, -0.2) is 18.3 Å². The van der Waals surface area contributed by atoms with Gasteiger partial charge in [0.2, 0.25) is 0 Å². The van der Waals surface area contributed by atoms with E-state index in [9.17, 15) is 0 Å². The smallest absolute Gasteiger partial charge is 0.150 e. The van der Waals surface area contributed by atoms with E-state index in [1.807, 2.05) is 0 Å². The summed E-state index contributed by atoms with van der Waals surface area (Å²) in [5.41, 5.74) is 1.20. The number of rotatable bonds is 5. The van der Waals surface area contributed by atoms with Crippen molar-refractivity contribution in [2.75, 3.05) is 13.2 Å². The molecule has 1 N–H and O–H groups in total. The Morgan fingerprint density at radius 2 is 1.53 bits per heavy atom. The van der Waals surface area contributed by atoms with Crippen LogP contribution in [0.25, 0.3) is 0 Å². The van der Waals surface area contributed by atoms with Crippen molar-refractivity contribution in [3.8, 4) is 5.75 Å². The second-order valence-corrected chi connectivity index (χ2v) is 6.56. The van der Waals surface area contributed by atoms with Gasteiger partial charge in [0.15, 0.2) is 0 Å². The normalized spacial score (nSPS) is 10.7. The van der Waals surface area contributed by atoms with E-state index in [-0.39, 0.29) is 13.2 Å². The summed E-state index contributed by atoms with van der Waals surface area (Å²) in [4.78, 5) is 0. The minimum absolute atomic E-state index is 0.00910. The molecule has 0 aromatic heterocycles. The van der Waals surface area contributed by atoms with Gasteiger partial charge < -0.3 is 9.84 Å². The summed E-state index contributed by atoms with van der Waals surface area (Å²) in [7, 11) is 0. The van der Waals surface area contributed by atoms with E-state index in [1.165, 1.54) is 5.56 Å². The average molecular weight is 496 g/mol. The van der Waals surface area contributed by atoms with Crippen molar-refractivity contribution in [1.82, 2.24) is 0 Å². The Labute approximate surface area is 135 Å². The first kappa shape index (κ1) is 16.0. The van der Waals surface area contributed by atoms with Gasteiger partial charge in [0.05, 0.1) is 15.6 Å². The number of hydrogen-bond acceptors (Lipinski definition) is 2. The van der Waals surface area contributed by atoms with Gasteiger partial charge in [0.1, 0.15) is 12.4 Å². The van der Waals surface area contributed by atoms with Gasteiger partial charge in [-0.2, -0.15) is 0 Å². The van der Waals surface area contributed by atoms with E-state index >= 15 is 0 Å². The average Bonchev–Trinajstić information content (AvgIpc) is 2.32. The molecule has 0 radical (unpaired) electrons. The van der Waals surface area contributed by atoms with Gasteiger partial charge in [-0.15, -0.1) is 0 Å². The van der Waals surface area contributed by atoms with Crippen molar-refractivity contribution in [3.63, 3.8) is 0 Å². The zero-order chi connectivity index (χ0) is 13.0. The molecule has 96 valence electrons. The SMILES string of the molecule is CCCc1c(Br)c(Br)c(OCCO)c(Br)c1Br. The van der Waals surface area contributed by atoms with Crippen LogP contribution in [0.1, 0.15) is 18.9 Å². The number of aliphatic hydroxyl groups excluding tert-OH is 1. The molecule has 0 fully saturated rings. The first-order chi connectivity index (χ1) is 8.04. The molecule has 0 atom stereocenters. The molecular weight excluding hydrogens is 484 g/mol. The van der Waals surface area contributed by atoms with E-state index in [0.717, 1.165) is 30.7 Å². The number of benzene rings is 1. The van der Waals surface area contributed by atoms with Crippen molar-refractivity contribution in [2.24, 2.45) is 0 Å². The van der Waals surface area contributed by atoms with Crippen LogP contribution >= 0.6 is 63.7 Å². The van der Waals surface area contributed by atoms with Crippen molar-refractivity contribution < 1.29 is 9.84 Å². The molecule has 0 saturated heterocycles. The molecular formula is C11H12Br4O2. The standard InChI is InChI=1S/C11H12Br4O2/c1-2-3-6-7(12)9(14)11(17-5-4-16)10(15)8(6)13/h16H,2-5H2,1H3. The van der Waals surface area contributed by atoms with Crippen molar-refractivity contribution in [3.05, 3.63) is 23.5 Å². The maximum atomic E-state index is 8.81. The largest absolute Gasteiger partial charge is 0.489 e. The Bertz CT molecular complexity index is 378. The van der Waals surface area contributed by atoms with Crippen LogP contribution in [0.15, 0.2) is 17.9 Å². The summed E-state index contributed by atoms with van der Waals surface area (Å²) in [6, 6.07) is 0. The summed E-state index contributed by atoms with van der Waals surface area (Å²) in [5.74, 6) is 0.692. The Morgan fingerprint density at radius 1 is 1.00 bits per heavy atom. The Hall–Kier alpha value is 0.900. The number of halogens is 4. The summed E-state index contributed by atoms with van der Waals surface area (Å²) >= 11 is 14.2. The minimum Gasteiger partial charge on any atom is -0.489 e. The quantitative estimate of drug-likeness (QED) is 0.579. The molecule has 0 bridgehead atoms. The Morgan fingerprint density at radius 3 is 1.94 bits per heavy atom. The first-order valence-electron chi connectivity index (χ1n) is 5.13. The zero-order valence-corrected chi connectivity index (χ0v) is 15.5. The zero-order valence-electron chi connectivity index (χ0n) is 9.20. The van der Waals surface area contributed by atoms with E-state index in [1.54, 1.807) is 0 Å². The fraction of sp³-hybridized carbons (Fsp3) is 0.455. The van der Waals surface area contributed by atoms with Crippen LogP contribution in [-0.2, 0) is 6.42 Å². The summed E-state index contributed by atoms with van der Waals surface area (Å²) in [6.45, 7) is 2.39. The van der Waals surface area contributed by atoms with E-state index in [0.29, 0.717) is 5.75 Å². The maximum absolute atomic E-state index is 8.81. The van der Waals surface area contributed by atoms with Crippen LogP contribution in [0.5, 0.6) is 5.75 Å². The van der Waals surface area contributed by atoms with Crippen LogP contribution in [0, 0.1) is 0 Å². The predicted octanol–water partition coefficient (Wildman–Crippen LogP) is 5.06. The third-order valence-corrected chi connectivity index (χ3v) is 6.48. The molecule has 0 spiro atoms. The van der Waals surface area contributed by atoms with Crippen LogP contribution < -0.4 is 4.74 Å². The highest BCUT2D eigenvalue weighted by molar-refractivity contribution is 9.14. The molecule has 1 aromatic rings. The highest BCUT2D eigenvalue weighted by Gasteiger charge is 2.19. The third kappa shape index (κ3) is 3.69. The van der Waals surface area contributed by atoms with Gasteiger partial charge in [-0.25, -0.2) is 0 Å². The van der Waals surface area contributed by atoms with Gasteiger partial charge in [-0.3, -0.25) is 0 Å². The van der Waals surface area contributed by atoms with E-state index in [2.05, 4.69) is 70.6 Å². The molecule has 1 aromatic carbocycles. The molecule has 0 aliphatic heterocycles. The number of hydrogen-bond donors (Lipinski definition) is 1. The van der Waals surface area contributed by atoms with E-state index in [4.69, 9.17) is 9.84 Å². The fourth-order valence-corrected chi connectivity index (χ4v) is 4.19. The van der Waals surface area contributed by atoms with Crippen LogP contribution in [0.3, 0.4) is 0 Å². The Balaban J connectivity index is 3.26. The molecule has 0 aliphatic rings.